The molecule has 0 aliphatic carbocycles. The first-order valence-corrected chi connectivity index (χ1v) is 7.76. The number of thiazole rings is 1. The van der Waals surface area contributed by atoms with E-state index in [4.69, 9.17) is 4.74 Å². The summed E-state index contributed by atoms with van der Waals surface area (Å²) in [7, 11) is 0. The topological polar surface area (TPSA) is 51.2 Å². The lowest BCUT2D eigenvalue weighted by atomic mass is 10.2. The number of anilines is 1. The van der Waals surface area contributed by atoms with E-state index >= 15 is 0 Å². The van der Waals surface area contributed by atoms with Gasteiger partial charge in [-0.2, -0.15) is 0 Å². The van der Waals surface area contributed by atoms with E-state index in [1.807, 2.05) is 25.1 Å². The van der Waals surface area contributed by atoms with Gasteiger partial charge < -0.3 is 10.1 Å². The first-order valence-electron chi connectivity index (χ1n) is 5.76. The van der Waals surface area contributed by atoms with Crippen LogP contribution >= 0.6 is 27.3 Å². The summed E-state index contributed by atoms with van der Waals surface area (Å²) in [5.41, 5.74) is 3.39. The fourth-order valence-electron chi connectivity index (χ4n) is 1.58. The maximum atomic E-state index is 11.9. The maximum absolute atomic E-state index is 11.9. The molecule has 1 N–H and O–H groups in total. The first-order chi connectivity index (χ1) is 9.24. The summed E-state index contributed by atoms with van der Waals surface area (Å²) >= 11 is 4.73. The number of alkyl halides is 1. The monoisotopic (exact) mass is 340 g/mol. The summed E-state index contributed by atoms with van der Waals surface area (Å²) in [4.78, 5) is 16.4. The number of ether oxygens (including phenoxy) is 1. The van der Waals surface area contributed by atoms with Crippen molar-refractivity contribution in [2.75, 3.05) is 11.9 Å². The van der Waals surface area contributed by atoms with Crippen LogP contribution in [0, 0.1) is 0 Å². The van der Waals surface area contributed by atoms with Crippen molar-refractivity contribution in [2.24, 2.45) is 0 Å². The van der Waals surface area contributed by atoms with Gasteiger partial charge in [-0.05, 0) is 25.1 Å². The van der Waals surface area contributed by atoms with E-state index in [2.05, 4.69) is 26.2 Å². The molecule has 1 amide bonds. The maximum Gasteiger partial charge on any atom is 0.267 e. The molecule has 1 aromatic heterocycles. The van der Waals surface area contributed by atoms with Gasteiger partial charge in [-0.25, -0.2) is 0 Å². The van der Waals surface area contributed by atoms with Gasteiger partial charge in [0.2, 0.25) is 0 Å². The zero-order valence-electron chi connectivity index (χ0n) is 10.4. The Morgan fingerprint density at radius 1 is 1.53 bits per heavy atom. The van der Waals surface area contributed by atoms with Gasteiger partial charge in [0.1, 0.15) is 10.6 Å². The minimum atomic E-state index is -0.146. The molecular weight excluding hydrogens is 328 g/mol. The van der Waals surface area contributed by atoms with Gasteiger partial charge in [0.15, 0.2) is 0 Å². The molecule has 2 aromatic rings. The van der Waals surface area contributed by atoms with Crippen molar-refractivity contribution in [3.63, 3.8) is 0 Å². The summed E-state index contributed by atoms with van der Waals surface area (Å²) in [5, 5.41) is 3.52. The number of hydrogen-bond acceptors (Lipinski definition) is 4. The van der Waals surface area contributed by atoms with Gasteiger partial charge in [0.05, 0.1) is 18.3 Å². The van der Waals surface area contributed by atoms with E-state index in [9.17, 15) is 4.79 Å². The lowest BCUT2D eigenvalue weighted by Gasteiger charge is -2.10. The van der Waals surface area contributed by atoms with Gasteiger partial charge in [0, 0.05) is 16.6 Å². The molecule has 100 valence electrons. The van der Waals surface area contributed by atoms with Crippen LogP contribution in [0.15, 0.2) is 29.9 Å². The highest BCUT2D eigenvalue weighted by Gasteiger charge is 2.09. The average molecular weight is 341 g/mol. The fourth-order valence-corrected chi connectivity index (χ4v) is 2.53. The second-order valence-corrected chi connectivity index (χ2v) is 5.16. The number of hydrogen-bond donors (Lipinski definition) is 1. The van der Waals surface area contributed by atoms with E-state index < -0.39 is 0 Å². The van der Waals surface area contributed by atoms with Gasteiger partial charge in [0.25, 0.3) is 5.91 Å². The molecule has 0 spiro atoms. The van der Waals surface area contributed by atoms with E-state index in [1.165, 1.54) is 11.3 Å². The van der Waals surface area contributed by atoms with E-state index in [-0.39, 0.29) is 5.91 Å². The molecule has 1 heterocycles. The molecule has 0 unspecified atom stereocenters. The van der Waals surface area contributed by atoms with Crippen LogP contribution in [0.5, 0.6) is 5.75 Å². The van der Waals surface area contributed by atoms with E-state index in [0.717, 1.165) is 17.0 Å². The van der Waals surface area contributed by atoms with Crippen molar-refractivity contribution in [1.82, 2.24) is 4.98 Å². The van der Waals surface area contributed by atoms with Crippen molar-refractivity contribution in [2.45, 2.75) is 12.3 Å². The quantitative estimate of drug-likeness (QED) is 0.844. The fraction of sp³-hybridized carbons (Fsp3) is 0.231. The second kappa shape index (κ2) is 6.68. The van der Waals surface area contributed by atoms with Crippen LogP contribution in [0.2, 0.25) is 0 Å². The number of halogens is 1. The Labute approximate surface area is 124 Å². The van der Waals surface area contributed by atoms with E-state index in [0.29, 0.717) is 16.8 Å². The standard InChI is InChI=1S/C13H13BrN2O2S/c1-2-18-11-4-3-10(5-9(11)6-14)16-13(17)12-7-15-8-19-12/h3-5,7-8H,2,6H2,1H3,(H,16,17). The summed E-state index contributed by atoms with van der Waals surface area (Å²) in [5.74, 6) is 0.683. The largest absolute Gasteiger partial charge is 0.494 e. The average Bonchev–Trinajstić information content (AvgIpc) is 2.94. The molecule has 2 rings (SSSR count). The number of rotatable bonds is 5. The third-order valence-corrected chi connectivity index (χ3v) is 3.79. The van der Waals surface area contributed by atoms with Crippen molar-refractivity contribution in [3.05, 3.63) is 40.3 Å². The van der Waals surface area contributed by atoms with Crippen LogP contribution in [0.3, 0.4) is 0 Å². The highest BCUT2D eigenvalue weighted by atomic mass is 79.9. The van der Waals surface area contributed by atoms with Gasteiger partial charge in [-0.15, -0.1) is 11.3 Å². The molecular formula is C13H13BrN2O2S. The van der Waals surface area contributed by atoms with Crippen LogP contribution in [-0.4, -0.2) is 17.5 Å². The van der Waals surface area contributed by atoms with Gasteiger partial charge in [-0.1, -0.05) is 15.9 Å². The van der Waals surface area contributed by atoms with Crippen LogP contribution in [0.4, 0.5) is 5.69 Å². The lowest BCUT2D eigenvalue weighted by molar-refractivity contribution is 0.103. The highest BCUT2D eigenvalue weighted by molar-refractivity contribution is 9.08. The molecule has 0 radical (unpaired) electrons. The Bertz CT molecular complexity index is 558. The summed E-state index contributed by atoms with van der Waals surface area (Å²) in [6.45, 7) is 2.56. The van der Waals surface area contributed by atoms with Crippen LogP contribution in [0.25, 0.3) is 0 Å². The molecule has 1 aromatic carbocycles. The minimum Gasteiger partial charge on any atom is -0.494 e. The second-order valence-electron chi connectivity index (χ2n) is 3.71. The van der Waals surface area contributed by atoms with Crippen LogP contribution in [-0.2, 0) is 5.33 Å². The van der Waals surface area contributed by atoms with Crippen molar-refractivity contribution in [3.8, 4) is 5.75 Å². The Morgan fingerprint density at radius 2 is 2.37 bits per heavy atom. The van der Waals surface area contributed by atoms with Crippen molar-refractivity contribution < 1.29 is 9.53 Å². The molecule has 0 bridgehead atoms. The number of benzene rings is 1. The summed E-state index contributed by atoms with van der Waals surface area (Å²) in [6, 6.07) is 5.59. The Morgan fingerprint density at radius 3 is 3.00 bits per heavy atom. The number of carbonyl (C=O) groups is 1. The number of aromatic nitrogens is 1. The van der Waals surface area contributed by atoms with Crippen molar-refractivity contribution >= 4 is 38.9 Å². The van der Waals surface area contributed by atoms with E-state index in [1.54, 1.807) is 11.7 Å². The SMILES string of the molecule is CCOc1ccc(NC(=O)c2cncs2)cc1CBr. The molecule has 0 saturated heterocycles. The van der Waals surface area contributed by atoms with Crippen LogP contribution in [0.1, 0.15) is 22.2 Å². The van der Waals surface area contributed by atoms with Crippen molar-refractivity contribution in [1.29, 1.82) is 0 Å². The molecule has 0 atom stereocenters. The minimum absolute atomic E-state index is 0.146. The van der Waals surface area contributed by atoms with Crippen LogP contribution < -0.4 is 10.1 Å². The lowest BCUT2D eigenvalue weighted by Crippen LogP contribution is -2.10. The summed E-state index contributed by atoms with van der Waals surface area (Å²) < 4.78 is 5.51. The third-order valence-electron chi connectivity index (χ3n) is 2.42. The molecule has 19 heavy (non-hydrogen) atoms. The molecule has 0 saturated carbocycles. The smallest absolute Gasteiger partial charge is 0.267 e. The molecule has 4 nitrogen and oxygen atoms in total. The number of nitrogens with zero attached hydrogens (tertiary/aromatic N) is 1. The molecule has 0 aliphatic heterocycles. The zero-order valence-corrected chi connectivity index (χ0v) is 12.8. The Kier molecular flexibility index (Phi) is 4.93. The number of carbonyl (C=O) groups excluding carboxylic acids is 1. The molecule has 0 aliphatic rings. The number of amides is 1. The zero-order chi connectivity index (χ0) is 13.7. The Hall–Kier alpha value is -1.40. The molecule has 6 heteroatoms. The van der Waals surface area contributed by atoms with Gasteiger partial charge in [-0.3, -0.25) is 9.78 Å². The molecule has 0 fully saturated rings. The number of nitrogens with one attached hydrogen (secondary N) is 1. The predicted octanol–water partition coefficient (Wildman–Crippen LogP) is 3.69. The Balaban J connectivity index is 2.15. The summed E-state index contributed by atoms with van der Waals surface area (Å²) in [6.07, 6.45) is 1.56. The third kappa shape index (κ3) is 3.54. The highest BCUT2D eigenvalue weighted by Crippen LogP contribution is 2.25. The normalized spacial score (nSPS) is 10.2. The predicted molar refractivity (Wildman–Crippen MR) is 80.3 cm³/mol. The first kappa shape index (κ1) is 14.0. The van der Waals surface area contributed by atoms with Gasteiger partial charge >= 0.3 is 0 Å².